The van der Waals surface area contributed by atoms with Crippen LogP contribution in [0.2, 0.25) is 0 Å². The standard InChI is InChI=1S/C30H39N3O5S/c1-39-19-5-6-29(34)38-18-17-37-16-15-36-14-11-32-30(35)27(23-31)21-24-7-8-26-22-28(10-9-25(26)20-24)33-12-3-2-4-13-33/h7-10,20-22H,2-6,11-19H2,1H3,(H,32,35)/b27-21+. The second-order valence-electron chi connectivity index (χ2n) is 9.31. The molecule has 1 aliphatic rings. The number of rotatable bonds is 16. The van der Waals surface area contributed by atoms with Crippen LogP contribution in [0.15, 0.2) is 42.0 Å². The molecule has 1 fully saturated rings. The number of anilines is 1. The van der Waals surface area contributed by atoms with Gasteiger partial charge in [0.2, 0.25) is 0 Å². The van der Waals surface area contributed by atoms with Gasteiger partial charge in [0.15, 0.2) is 0 Å². The zero-order valence-electron chi connectivity index (χ0n) is 22.8. The summed E-state index contributed by atoms with van der Waals surface area (Å²) >= 11 is 1.71. The monoisotopic (exact) mass is 553 g/mol. The fraction of sp³-hybridized carbons (Fsp3) is 0.500. The lowest BCUT2D eigenvalue weighted by atomic mass is 10.0. The number of piperidine rings is 1. The van der Waals surface area contributed by atoms with Crippen LogP contribution in [0.3, 0.4) is 0 Å². The van der Waals surface area contributed by atoms with Crippen LogP contribution in [0.5, 0.6) is 0 Å². The molecule has 0 radical (unpaired) electrons. The Hall–Kier alpha value is -3.06. The zero-order valence-corrected chi connectivity index (χ0v) is 23.6. The number of nitrogens with zero attached hydrogens (tertiary/aromatic N) is 2. The third kappa shape index (κ3) is 10.9. The third-order valence-electron chi connectivity index (χ3n) is 6.37. The highest BCUT2D eigenvalue weighted by Gasteiger charge is 2.12. The fourth-order valence-corrected chi connectivity index (χ4v) is 4.74. The molecule has 2 aromatic carbocycles. The van der Waals surface area contributed by atoms with Crippen LogP contribution in [0.1, 0.15) is 37.7 Å². The van der Waals surface area contributed by atoms with Gasteiger partial charge >= 0.3 is 5.97 Å². The Morgan fingerprint density at radius 3 is 2.49 bits per heavy atom. The third-order valence-corrected chi connectivity index (χ3v) is 7.07. The van der Waals surface area contributed by atoms with Crippen molar-refractivity contribution >= 4 is 46.2 Å². The van der Waals surface area contributed by atoms with Crippen molar-refractivity contribution in [3.05, 3.63) is 47.5 Å². The minimum absolute atomic E-state index is 0.0469. The summed E-state index contributed by atoms with van der Waals surface area (Å²) in [5.41, 5.74) is 2.10. The number of benzene rings is 2. The highest BCUT2D eigenvalue weighted by molar-refractivity contribution is 7.98. The SMILES string of the molecule is CSCCCC(=O)OCCOCCOCCNC(=O)/C(C#N)=C/c1ccc2cc(N3CCCCC3)ccc2c1. The van der Waals surface area contributed by atoms with Gasteiger partial charge in [0.25, 0.3) is 5.91 Å². The lowest BCUT2D eigenvalue weighted by molar-refractivity contribution is -0.145. The molecule has 8 nitrogen and oxygen atoms in total. The maximum Gasteiger partial charge on any atom is 0.305 e. The molecule has 9 heteroatoms. The second kappa shape index (κ2) is 17.5. The van der Waals surface area contributed by atoms with Gasteiger partial charge in [-0.05, 0) is 78.3 Å². The summed E-state index contributed by atoms with van der Waals surface area (Å²) in [6.07, 6.45) is 8.64. The van der Waals surface area contributed by atoms with Crippen molar-refractivity contribution in [2.75, 3.05) is 69.6 Å². The van der Waals surface area contributed by atoms with Gasteiger partial charge in [-0.2, -0.15) is 17.0 Å². The lowest BCUT2D eigenvalue weighted by Gasteiger charge is -2.29. The van der Waals surface area contributed by atoms with Crippen molar-refractivity contribution in [1.29, 1.82) is 5.26 Å². The summed E-state index contributed by atoms with van der Waals surface area (Å²) < 4.78 is 15.9. The first-order valence-electron chi connectivity index (χ1n) is 13.6. The highest BCUT2D eigenvalue weighted by atomic mass is 32.2. The number of nitriles is 1. The molecule has 2 aromatic rings. The van der Waals surface area contributed by atoms with Crippen LogP contribution in [-0.4, -0.2) is 76.6 Å². The van der Waals surface area contributed by atoms with Crippen molar-refractivity contribution in [2.45, 2.75) is 32.1 Å². The molecule has 0 aliphatic carbocycles. The Kier molecular flexibility index (Phi) is 13.7. The summed E-state index contributed by atoms with van der Waals surface area (Å²) in [5, 5.41) is 14.5. The molecule has 1 heterocycles. The van der Waals surface area contributed by atoms with E-state index in [2.05, 4.69) is 28.4 Å². The molecule has 1 N–H and O–H groups in total. The van der Waals surface area contributed by atoms with E-state index in [-0.39, 0.29) is 24.7 Å². The maximum absolute atomic E-state index is 12.5. The average Bonchev–Trinajstić information content (AvgIpc) is 2.97. The van der Waals surface area contributed by atoms with Gasteiger partial charge in [-0.1, -0.05) is 18.2 Å². The van der Waals surface area contributed by atoms with Gasteiger partial charge in [0.05, 0.1) is 26.4 Å². The number of nitrogens with one attached hydrogen (secondary N) is 1. The van der Waals surface area contributed by atoms with Gasteiger partial charge in [-0.15, -0.1) is 0 Å². The molecule has 0 atom stereocenters. The van der Waals surface area contributed by atoms with Gasteiger partial charge in [-0.25, -0.2) is 0 Å². The second-order valence-corrected chi connectivity index (χ2v) is 10.3. The predicted octanol–water partition coefficient (Wildman–Crippen LogP) is 4.57. The van der Waals surface area contributed by atoms with Crippen LogP contribution in [0.4, 0.5) is 5.69 Å². The summed E-state index contributed by atoms with van der Waals surface area (Å²) in [4.78, 5) is 26.4. The van der Waals surface area contributed by atoms with E-state index >= 15 is 0 Å². The highest BCUT2D eigenvalue weighted by Crippen LogP contribution is 2.26. The Bertz CT molecular complexity index is 1140. The van der Waals surface area contributed by atoms with E-state index in [1.165, 1.54) is 24.9 Å². The average molecular weight is 554 g/mol. The van der Waals surface area contributed by atoms with E-state index in [0.717, 1.165) is 41.6 Å². The molecular weight excluding hydrogens is 514 g/mol. The molecule has 39 heavy (non-hydrogen) atoms. The van der Waals surface area contributed by atoms with E-state index in [1.807, 2.05) is 30.5 Å². The Morgan fingerprint density at radius 1 is 1.00 bits per heavy atom. The smallest absolute Gasteiger partial charge is 0.305 e. The van der Waals surface area contributed by atoms with Crippen LogP contribution in [0, 0.1) is 11.3 Å². The van der Waals surface area contributed by atoms with E-state index in [9.17, 15) is 14.9 Å². The first kappa shape index (κ1) is 30.5. The maximum atomic E-state index is 12.5. The summed E-state index contributed by atoms with van der Waals surface area (Å²) in [6, 6.07) is 14.4. The lowest BCUT2D eigenvalue weighted by Crippen LogP contribution is -2.29. The number of ether oxygens (including phenoxy) is 3. The minimum Gasteiger partial charge on any atom is -0.463 e. The summed E-state index contributed by atoms with van der Waals surface area (Å²) in [6.45, 7) is 4.05. The predicted molar refractivity (Wildman–Crippen MR) is 157 cm³/mol. The normalized spacial score (nSPS) is 13.7. The molecule has 0 unspecified atom stereocenters. The van der Waals surface area contributed by atoms with Crippen molar-refractivity contribution in [1.82, 2.24) is 5.32 Å². The molecule has 1 aliphatic heterocycles. The number of thioether (sulfide) groups is 1. The number of hydrogen-bond donors (Lipinski definition) is 1. The molecule has 1 amide bonds. The van der Waals surface area contributed by atoms with Crippen LogP contribution >= 0.6 is 11.8 Å². The molecule has 3 rings (SSSR count). The van der Waals surface area contributed by atoms with E-state index in [4.69, 9.17) is 14.2 Å². The van der Waals surface area contributed by atoms with Crippen LogP contribution in [-0.2, 0) is 23.8 Å². The van der Waals surface area contributed by atoms with E-state index < -0.39 is 5.91 Å². The fourth-order valence-electron chi connectivity index (χ4n) is 4.31. The Balaban J connectivity index is 1.34. The van der Waals surface area contributed by atoms with Crippen molar-refractivity contribution in [3.63, 3.8) is 0 Å². The first-order valence-corrected chi connectivity index (χ1v) is 15.0. The molecular formula is C30H39N3O5S. The number of carbonyl (C=O) groups excluding carboxylic acids is 2. The minimum atomic E-state index is -0.433. The van der Waals surface area contributed by atoms with Crippen LogP contribution in [0.25, 0.3) is 16.8 Å². The van der Waals surface area contributed by atoms with Crippen molar-refractivity contribution < 1.29 is 23.8 Å². The number of fused-ring (bicyclic) bond motifs is 1. The molecule has 0 spiro atoms. The quantitative estimate of drug-likeness (QED) is 0.140. The Morgan fingerprint density at radius 2 is 1.72 bits per heavy atom. The molecule has 210 valence electrons. The first-order chi connectivity index (χ1) is 19.1. The molecule has 0 saturated carbocycles. The number of esters is 1. The van der Waals surface area contributed by atoms with Crippen molar-refractivity contribution in [3.8, 4) is 6.07 Å². The molecule has 1 saturated heterocycles. The molecule has 0 aromatic heterocycles. The topological polar surface area (TPSA) is 101 Å². The summed E-state index contributed by atoms with van der Waals surface area (Å²) in [7, 11) is 0. The van der Waals surface area contributed by atoms with Crippen LogP contribution < -0.4 is 10.2 Å². The van der Waals surface area contributed by atoms with E-state index in [1.54, 1.807) is 17.8 Å². The van der Waals surface area contributed by atoms with Gasteiger partial charge in [0.1, 0.15) is 18.2 Å². The number of hydrogen-bond acceptors (Lipinski definition) is 8. The van der Waals surface area contributed by atoms with Gasteiger partial charge < -0.3 is 24.4 Å². The summed E-state index contributed by atoms with van der Waals surface area (Å²) in [5.74, 6) is 0.312. The van der Waals surface area contributed by atoms with Gasteiger partial charge in [0, 0.05) is 31.7 Å². The largest absolute Gasteiger partial charge is 0.463 e. The van der Waals surface area contributed by atoms with E-state index in [0.29, 0.717) is 32.8 Å². The number of amides is 1. The van der Waals surface area contributed by atoms with Crippen molar-refractivity contribution in [2.24, 2.45) is 0 Å². The molecule has 0 bridgehead atoms. The zero-order chi connectivity index (χ0) is 27.7. The number of carbonyl (C=O) groups is 2. The van der Waals surface area contributed by atoms with Gasteiger partial charge in [-0.3, -0.25) is 9.59 Å². The Labute approximate surface area is 235 Å².